The van der Waals surface area contributed by atoms with Crippen molar-refractivity contribution in [2.24, 2.45) is 0 Å². The third kappa shape index (κ3) is 4.77. The maximum atomic E-state index is 13.3. The first-order valence-corrected chi connectivity index (χ1v) is 13.3. The van der Waals surface area contributed by atoms with Gasteiger partial charge in [-0.3, -0.25) is 4.79 Å². The summed E-state index contributed by atoms with van der Waals surface area (Å²) in [5.74, 6) is 0. The van der Waals surface area contributed by atoms with Crippen molar-refractivity contribution in [3.63, 3.8) is 0 Å². The van der Waals surface area contributed by atoms with E-state index in [1.165, 1.54) is 4.31 Å². The van der Waals surface area contributed by atoms with Gasteiger partial charge in [0.25, 0.3) is 0 Å². The maximum Gasteiger partial charge on any atom is 0.243 e. The Morgan fingerprint density at radius 1 is 0.886 bits per heavy atom. The molecule has 0 N–H and O–H groups in total. The van der Waals surface area contributed by atoms with Crippen LogP contribution in [0.4, 0.5) is 0 Å². The van der Waals surface area contributed by atoms with E-state index in [1.807, 2.05) is 48.1 Å². The minimum Gasteiger partial charge on any atom is -0.316 e. The van der Waals surface area contributed by atoms with Crippen LogP contribution in [0.25, 0.3) is 16.6 Å². The molecule has 2 heterocycles. The molecule has 6 nitrogen and oxygen atoms in total. The summed E-state index contributed by atoms with van der Waals surface area (Å²) in [6.07, 6.45) is 2.24. The molecule has 0 spiro atoms. The monoisotopic (exact) mass is 507 g/mol. The quantitative estimate of drug-likeness (QED) is 0.407. The van der Waals surface area contributed by atoms with E-state index >= 15 is 0 Å². The van der Waals surface area contributed by atoms with E-state index in [0.29, 0.717) is 35.5 Å². The Hall–Kier alpha value is -2.97. The van der Waals surface area contributed by atoms with Gasteiger partial charge in [0, 0.05) is 60.5 Å². The SMILES string of the molecule is CN1CCN(S(=O)(=O)c2ccc(Cc3cn(-c4ccccc4)c4cc(Cl)ccc4c3=O)cc2)CC1. The number of halogens is 1. The van der Waals surface area contributed by atoms with E-state index in [1.54, 1.807) is 42.5 Å². The highest BCUT2D eigenvalue weighted by molar-refractivity contribution is 7.89. The Morgan fingerprint density at radius 2 is 1.57 bits per heavy atom. The number of hydrogen-bond donors (Lipinski definition) is 0. The van der Waals surface area contributed by atoms with E-state index in [0.717, 1.165) is 29.9 Å². The van der Waals surface area contributed by atoms with Gasteiger partial charge in [0.1, 0.15) is 0 Å². The molecule has 1 aliphatic heterocycles. The first-order chi connectivity index (χ1) is 16.8. The van der Waals surface area contributed by atoms with Gasteiger partial charge in [0.15, 0.2) is 5.43 Å². The lowest BCUT2D eigenvalue weighted by Gasteiger charge is -2.31. The predicted octanol–water partition coefficient (Wildman–Crippen LogP) is 4.17. The summed E-state index contributed by atoms with van der Waals surface area (Å²) in [6, 6.07) is 21.9. The summed E-state index contributed by atoms with van der Waals surface area (Å²) in [5, 5.41) is 1.15. The van der Waals surface area contributed by atoms with Crippen molar-refractivity contribution < 1.29 is 8.42 Å². The molecule has 1 saturated heterocycles. The Morgan fingerprint density at radius 3 is 2.26 bits per heavy atom. The summed E-state index contributed by atoms with van der Waals surface area (Å²) < 4.78 is 29.6. The van der Waals surface area contributed by atoms with Crippen LogP contribution >= 0.6 is 11.6 Å². The molecule has 8 heteroatoms. The lowest BCUT2D eigenvalue weighted by atomic mass is 10.0. The van der Waals surface area contributed by atoms with Crippen LogP contribution < -0.4 is 5.43 Å². The smallest absolute Gasteiger partial charge is 0.243 e. The first kappa shape index (κ1) is 23.8. The highest BCUT2D eigenvalue weighted by Gasteiger charge is 2.27. The predicted molar refractivity (Wildman–Crippen MR) is 140 cm³/mol. The van der Waals surface area contributed by atoms with Gasteiger partial charge in [-0.15, -0.1) is 0 Å². The average Bonchev–Trinajstić information content (AvgIpc) is 2.87. The normalized spacial score (nSPS) is 15.5. The number of nitrogens with zero attached hydrogens (tertiary/aromatic N) is 3. The molecule has 0 amide bonds. The van der Waals surface area contributed by atoms with Gasteiger partial charge in [-0.25, -0.2) is 8.42 Å². The van der Waals surface area contributed by atoms with Crippen LogP contribution in [0.3, 0.4) is 0 Å². The zero-order chi connectivity index (χ0) is 24.6. The first-order valence-electron chi connectivity index (χ1n) is 11.5. The lowest BCUT2D eigenvalue weighted by Crippen LogP contribution is -2.46. The van der Waals surface area contributed by atoms with Gasteiger partial charge in [-0.05, 0) is 55.1 Å². The molecule has 35 heavy (non-hydrogen) atoms. The van der Waals surface area contributed by atoms with Crippen LogP contribution in [0.2, 0.25) is 5.02 Å². The summed E-state index contributed by atoms with van der Waals surface area (Å²) in [4.78, 5) is 15.7. The minimum absolute atomic E-state index is 0.0574. The van der Waals surface area contributed by atoms with Gasteiger partial charge in [-0.2, -0.15) is 4.31 Å². The summed E-state index contributed by atoms with van der Waals surface area (Å²) in [7, 11) is -1.54. The number of hydrogen-bond acceptors (Lipinski definition) is 4. The fraction of sp³-hybridized carbons (Fsp3) is 0.222. The fourth-order valence-corrected chi connectivity index (χ4v) is 6.05. The van der Waals surface area contributed by atoms with E-state index in [2.05, 4.69) is 4.90 Å². The van der Waals surface area contributed by atoms with Crippen LogP contribution in [0, 0.1) is 0 Å². The molecule has 0 unspecified atom stereocenters. The number of rotatable bonds is 5. The number of sulfonamides is 1. The van der Waals surface area contributed by atoms with Crippen molar-refractivity contribution in [1.82, 2.24) is 13.8 Å². The van der Waals surface area contributed by atoms with Crippen LogP contribution in [-0.4, -0.2) is 55.4 Å². The largest absolute Gasteiger partial charge is 0.316 e. The van der Waals surface area contributed by atoms with Crippen molar-refractivity contribution >= 4 is 32.5 Å². The van der Waals surface area contributed by atoms with Crippen LogP contribution in [0.1, 0.15) is 11.1 Å². The maximum absolute atomic E-state index is 13.3. The second kappa shape index (κ2) is 9.59. The minimum atomic E-state index is -3.53. The molecule has 0 radical (unpaired) electrons. The van der Waals surface area contributed by atoms with E-state index in [-0.39, 0.29) is 10.3 Å². The van der Waals surface area contributed by atoms with Crippen molar-refractivity contribution in [3.05, 3.63) is 105 Å². The molecular weight excluding hydrogens is 482 g/mol. The molecule has 3 aromatic carbocycles. The zero-order valence-electron chi connectivity index (χ0n) is 19.4. The molecule has 0 atom stereocenters. The lowest BCUT2D eigenvalue weighted by molar-refractivity contribution is 0.222. The molecule has 1 fully saturated rings. The molecule has 4 aromatic rings. The average molecular weight is 508 g/mol. The van der Waals surface area contributed by atoms with E-state index < -0.39 is 10.0 Å². The second-order valence-electron chi connectivity index (χ2n) is 8.88. The number of pyridine rings is 1. The molecule has 1 aliphatic rings. The van der Waals surface area contributed by atoms with E-state index in [4.69, 9.17) is 11.6 Å². The number of likely N-dealkylation sites (N-methyl/N-ethyl adjacent to an activating group) is 1. The number of para-hydroxylation sites is 1. The Balaban J connectivity index is 1.49. The van der Waals surface area contributed by atoms with Crippen molar-refractivity contribution in [2.45, 2.75) is 11.3 Å². The summed E-state index contributed by atoms with van der Waals surface area (Å²) in [5.41, 5.74) is 3.10. The molecule has 0 aliphatic carbocycles. The van der Waals surface area contributed by atoms with Crippen molar-refractivity contribution in [3.8, 4) is 5.69 Å². The standard InChI is InChI=1S/C27H26ClN3O3S/c1-29-13-15-30(16-14-29)35(33,34)24-10-7-20(8-11-24)17-21-19-31(23-5-3-2-4-6-23)26-18-22(28)9-12-25(26)27(21)32/h2-12,18-19H,13-17H2,1H3. The highest BCUT2D eigenvalue weighted by atomic mass is 35.5. The number of benzene rings is 3. The number of aromatic nitrogens is 1. The topological polar surface area (TPSA) is 62.6 Å². The van der Waals surface area contributed by atoms with Gasteiger partial charge < -0.3 is 9.47 Å². The molecule has 1 aromatic heterocycles. The molecule has 180 valence electrons. The Kier molecular flexibility index (Phi) is 6.51. The fourth-order valence-electron chi connectivity index (χ4n) is 4.46. The summed E-state index contributed by atoms with van der Waals surface area (Å²) in [6.45, 7) is 2.41. The van der Waals surface area contributed by atoms with Crippen molar-refractivity contribution in [1.29, 1.82) is 0 Å². The van der Waals surface area contributed by atoms with Crippen molar-refractivity contribution in [2.75, 3.05) is 33.2 Å². The van der Waals surface area contributed by atoms with Gasteiger partial charge in [0.2, 0.25) is 10.0 Å². The second-order valence-corrected chi connectivity index (χ2v) is 11.3. The number of fused-ring (bicyclic) bond motifs is 1. The Labute approximate surface area is 210 Å². The van der Waals surface area contributed by atoms with Crippen LogP contribution in [-0.2, 0) is 16.4 Å². The van der Waals surface area contributed by atoms with Crippen LogP contribution in [0.5, 0.6) is 0 Å². The van der Waals surface area contributed by atoms with Gasteiger partial charge >= 0.3 is 0 Å². The third-order valence-electron chi connectivity index (χ3n) is 6.49. The number of piperazine rings is 1. The third-order valence-corrected chi connectivity index (χ3v) is 8.64. The zero-order valence-corrected chi connectivity index (χ0v) is 21.0. The molecule has 0 bridgehead atoms. The van der Waals surface area contributed by atoms with E-state index in [9.17, 15) is 13.2 Å². The van der Waals surface area contributed by atoms with Crippen LogP contribution in [0.15, 0.2) is 88.7 Å². The molecule has 0 saturated carbocycles. The Bertz CT molecular complexity index is 1530. The summed E-state index contributed by atoms with van der Waals surface area (Å²) >= 11 is 6.24. The van der Waals surface area contributed by atoms with Gasteiger partial charge in [-0.1, -0.05) is 41.9 Å². The highest BCUT2D eigenvalue weighted by Crippen LogP contribution is 2.23. The van der Waals surface area contributed by atoms with Gasteiger partial charge in [0.05, 0.1) is 10.4 Å². The molecule has 5 rings (SSSR count). The molecular formula is C27H26ClN3O3S.